The van der Waals surface area contributed by atoms with Crippen LogP contribution >= 0.6 is 0 Å². The number of anilines is 3. The van der Waals surface area contributed by atoms with Gasteiger partial charge in [-0.15, -0.1) is 0 Å². The van der Waals surface area contributed by atoms with Gasteiger partial charge in [0.15, 0.2) is 0 Å². The number of hydrogen-bond acceptors (Lipinski definition) is 7. The van der Waals surface area contributed by atoms with Crippen LogP contribution in [0.4, 0.5) is 26.5 Å². The molecule has 4 aromatic rings. The number of piperazine rings is 1. The Labute approximate surface area is 274 Å². The zero-order valence-electron chi connectivity index (χ0n) is 27.3. The molecule has 1 aliphatic rings. The topological polar surface area (TPSA) is 150 Å². The van der Waals surface area contributed by atoms with Crippen LogP contribution in [-0.4, -0.2) is 77.0 Å². The summed E-state index contributed by atoms with van der Waals surface area (Å²) in [6, 6.07) is 18.8. The number of carbonyl (C=O) groups excluding carboxylic acids is 2. The van der Waals surface area contributed by atoms with Crippen LogP contribution in [0.25, 0.3) is 5.69 Å². The second-order valence-corrected chi connectivity index (χ2v) is 13.8. The fourth-order valence-corrected chi connectivity index (χ4v) is 4.76. The summed E-state index contributed by atoms with van der Waals surface area (Å²) < 4.78 is 40.8. The van der Waals surface area contributed by atoms with E-state index in [1.807, 2.05) is 56.3 Å². The lowest BCUT2D eigenvalue weighted by atomic mass is 9.92. The molecule has 14 heteroatoms. The molecule has 0 saturated carbocycles. The van der Waals surface area contributed by atoms with Gasteiger partial charge in [0, 0.05) is 43.2 Å². The van der Waals surface area contributed by atoms with Gasteiger partial charge in [-0.05, 0) is 62.4 Å². The predicted molar refractivity (Wildman–Crippen MR) is 181 cm³/mol. The molecule has 1 saturated heterocycles. The van der Waals surface area contributed by atoms with Crippen LogP contribution in [0, 0.1) is 19.7 Å². The number of aromatic nitrogens is 3. The minimum Gasteiger partial charge on any atom is -0.353 e. The van der Waals surface area contributed by atoms with Crippen LogP contribution in [0.1, 0.15) is 48.1 Å². The van der Waals surface area contributed by atoms with Gasteiger partial charge in [-0.3, -0.25) is 14.7 Å². The molecular formula is C33H40FN7O5S. The van der Waals surface area contributed by atoms with E-state index in [4.69, 9.17) is 14.6 Å². The molecule has 0 unspecified atom stereocenters. The Morgan fingerprint density at radius 1 is 0.894 bits per heavy atom. The van der Waals surface area contributed by atoms with Crippen LogP contribution in [0.15, 0.2) is 66.7 Å². The number of hydrogen-bond donors (Lipinski definition) is 3. The first-order chi connectivity index (χ1) is 22.0. The minimum absolute atomic E-state index is 0.109. The number of nitrogens with one attached hydrogen (secondary N) is 2. The van der Waals surface area contributed by atoms with Crippen molar-refractivity contribution in [1.29, 1.82) is 0 Å². The Balaban J connectivity index is 0.000000930. The highest BCUT2D eigenvalue weighted by Crippen LogP contribution is 2.27. The molecule has 3 N–H and O–H groups in total. The van der Waals surface area contributed by atoms with Crippen molar-refractivity contribution in [3.8, 4) is 5.69 Å². The smallest absolute Gasteiger partial charge is 0.324 e. The van der Waals surface area contributed by atoms with E-state index in [0.717, 1.165) is 22.8 Å². The average molecular weight is 666 g/mol. The number of rotatable bonds is 5. The predicted octanol–water partition coefficient (Wildman–Crippen LogP) is 5.43. The van der Waals surface area contributed by atoms with E-state index in [-0.39, 0.29) is 17.1 Å². The summed E-state index contributed by atoms with van der Waals surface area (Å²) >= 11 is 0. The maximum absolute atomic E-state index is 13.2. The number of halogens is 1. The van der Waals surface area contributed by atoms with Crippen molar-refractivity contribution in [1.82, 2.24) is 19.7 Å². The number of urea groups is 1. The normalized spacial score (nSPS) is 13.4. The summed E-state index contributed by atoms with van der Waals surface area (Å²) in [6.07, 6.45) is 0.715. The summed E-state index contributed by atoms with van der Waals surface area (Å²) in [4.78, 5) is 34.5. The molecule has 2 aromatic heterocycles. The minimum atomic E-state index is -3.67. The third kappa shape index (κ3) is 9.83. The molecule has 47 heavy (non-hydrogen) atoms. The highest BCUT2D eigenvalue weighted by Gasteiger charge is 2.24. The molecule has 5 rings (SSSR count). The monoisotopic (exact) mass is 665 g/mol. The van der Waals surface area contributed by atoms with Crippen LogP contribution < -0.4 is 15.5 Å². The molecule has 12 nitrogen and oxygen atoms in total. The Bertz CT molecular complexity index is 1820. The summed E-state index contributed by atoms with van der Waals surface area (Å²) in [5.41, 5.74) is 4.41. The maximum atomic E-state index is 13.2. The lowest BCUT2D eigenvalue weighted by Gasteiger charge is -2.35. The lowest BCUT2D eigenvalue weighted by Crippen LogP contribution is -2.49. The van der Waals surface area contributed by atoms with Crippen molar-refractivity contribution in [3.63, 3.8) is 0 Å². The number of carbonyl (C=O) groups is 2. The first kappa shape index (κ1) is 35.0. The largest absolute Gasteiger partial charge is 0.353 e. The van der Waals surface area contributed by atoms with Crippen LogP contribution in [-0.2, 0) is 15.5 Å². The van der Waals surface area contributed by atoms with E-state index >= 15 is 0 Å². The molecule has 0 aliphatic carbocycles. The van der Waals surface area contributed by atoms with Crippen molar-refractivity contribution in [2.24, 2.45) is 0 Å². The highest BCUT2D eigenvalue weighted by atomic mass is 32.2. The third-order valence-corrected chi connectivity index (χ3v) is 7.30. The molecule has 0 spiro atoms. The van der Waals surface area contributed by atoms with Gasteiger partial charge in [0.2, 0.25) is 0 Å². The van der Waals surface area contributed by atoms with Crippen LogP contribution in [0.3, 0.4) is 0 Å². The van der Waals surface area contributed by atoms with Gasteiger partial charge in [0.25, 0.3) is 16.0 Å². The van der Waals surface area contributed by atoms with Crippen LogP contribution in [0.2, 0.25) is 0 Å². The van der Waals surface area contributed by atoms with E-state index in [1.165, 1.54) is 24.3 Å². The van der Waals surface area contributed by atoms with Crippen LogP contribution in [0.5, 0.6) is 0 Å². The molecule has 1 aliphatic heterocycles. The van der Waals surface area contributed by atoms with Crippen molar-refractivity contribution < 1.29 is 27.0 Å². The Morgan fingerprint density at radius 2 is 1.49 bits per heavy atom. The van der Waals surface area contributed by atoms with E-state index in [2.05, 4.69) is 36.3 Å². The maximum Gasteiger partial charge on any atom is 0.324 e. The Kier molecular flexibility index (Phi) is 10.7. The van der Waals surface area contributed by atoms with Gasteiger partial charge in [0.05, 0.1) is 29.0 Å². The second-order valence-electron chi connectivity index (χ2n) is 12.3. The lowest BCUT2D eigenvalue weighted by molar-refractivity contribution is 0.0746. The van der Waals surface area contributed by atoms with Gasteiger partial charge in [0.1, 0.15) is 17.5 Å². The van der Waals surface area contributed by atoms with Gasteiger partial charge in [-0.1, -0.05) is 38.5 Å². The summed E-state index contributed by atoms with van der Waals surface area (Å²) in [5, 5.41) is 10.6. The SMILES string of the molecule is CS(=O)(=O)O.Cc1ccc(-n2nc(C(C)(C)C)cc2NC(=O)Nc2ccc(N3CCN(C(=O)c4ccc(F)cc4)CC3)nc2C)cc1. The third-order valence-electron chi connectivity index (χ3n) is 7.30. The Morgan fingerprint density at radius 3 is 2.04 bits per heavy atom. The first-order valence-corrected chi connectivity index (χ1v) is 16.8. The van der Waals surface area contributed by atoms with Gasteiger partial charge >= 0.3 is 6.03 Å². The van der Waals surface area contributed by atoms with E-state index < -0.39 is 16.1 Å². The average Bonchev–Trinajstić information content (AvgIpc) is 3.42. The molecule has 3 heterocycles. The van der Waals surface area contributed by atoms with Crippen molar-refractivity contribution in [3.05, 3.63) is 95.1 Å². The van der Waals surface area contributed by atoms with Gasteiger partial charge in [-0.25, -0.2) is 18.9 Å². The molecule has 0 bridgehead atoms. The quantitative estimate of drug-likeness (QED) is 0.239. The fourth-order valence-electron chi connectivity index (χ4n) is 4.76. The molecule has 3 amide bonds. The second kappa shape index (κ2) is 14.3. The number of benzene rings is 2. The molecule has 250 valence electrons. The summed E-state index contributed by atoms with van der Waals surface area (Å²) in [6.45, 7) is 12.4. The standard InChI is InChI=1S/C32H36FN7O2.CH4O3S/c1-21-6-12-25(13-7-21)40-29(20-27(37-40)32(3,4)5)36-31(42)35-26-14-15-28(34-22(26)2)38-16-18-39(19-17-38)30(41)23-8-10-24(33)11-9-23;1-5(2,3)4/h6-15,20H,16-19H2,1-5H3,(H2,35,36,42);1H3,(H,2,3,4). The zero-order valence-corrected chi connectivity index (χ0v) is 28.1. The van der Waals surface area contributed by atoms with E-state index in [9.17, 15) is 22.4 Å². The molecule has 0 radical (unpaired) electrons. The van der Waals surface area contributed by atoms with E-state index in [1.54, 1.807) is 9.58 Å². The number of amides is 3. The zero-order chi connectivity index (χ0) is 34.5. The van der Waals surface area contributed by atoms with Gasteiger partial charge in [-0.2, -0.15) is 13.5 Å². The Hall–Kier alpha value is -4.82. The summed E-state index contributed by atoms with van der Waals surface area (Å²) in [5.74, 6) is 0.871. The number of nitrogens with zero attached hydrogens (tertiary/aromatic N) is 5. The molecular weight excluding hydrogens is 625 g/mol. The highest BCUT2D eigenvalue weighted by molar-refractivity contribution is 7.85. The molecule has 1 fully saturated rings. The van der Waals surface area contributed by atoms with Gasteiger partial charge < -0.3 is 15.1 Å². The number of aryl methyl sites for hydroxylation is 2. The first-order valence-electron chi connectivity index (χ1n) is 14.9. The fraction of sp³-hybridized carbons (Fsp3) is 0.333. The van der Waals surface area contributed by atoms with E-state index in [0.29, 0.717) is 55.2 Å². The van der Waals surface area contributed by atoms with Crippen molar-refractivity contribution in [2.75, 3.05) is 48.0 Å². The molecule has 2 aromatic carbocycles. The van der Waals surface area contributed by atoms with Crippen molar-refractivity contribution in [2.45, 2.75) is 40.0 Å². The number of pyridine rings is 1. The summed E-state index contributed by atoms with van der Waals surface area (Å²) in [7, 11) is -3.67. The molecule has 0 atom stereocenters. The van der Waals surface area contributed by atoms with Crippen molar-refractivity contribution >= 4 is 39.4 Å².